The third kappa shape index (κ3) is 18.1. The van der Waals surface area contributed by atoms with E-state index >= 15 is 0 Å². The van der Waals surface area contributed by atoms with Gasteiger partial charge in [0.05, 0.1) is 0 Å². The van der Waals surface area contributed by atoms with Crippen LogP contribution in [0.15, 0.2) is 23.3 Å². The largest absolute Gasteiger partial charge is 0.481 e. The van der Waals surface area contributed by atoms with Crippen LogP contribution in [0, 0.1) is 0 Å². The summed E-state index contributed by atoms with van der Waals surface area (Å²) in [4.78, 5) is 13.1. The molecule has 0 aliphatic rings. The van der Waals surface area contributed by atoms with Crippen molar-refractivity contribution in [3.63, 3.8) is 0 Å². The summed E-state index contributed by atoms with van der Waals surface area (Å²) >= 11 is 0. The molecule has 0 amide bonds. The van der Waals surface area contributed by atoms with E-state index in [1.54, 1.807) is 0 Å². The third-order valence-electron chi connectivity index (χ3n) is 5.01. The lowest BCUT2D eigenvalue weighted by atomic mass is 10.0. The minimum Gasteiger partial charge on any atom is -0.481 e. The molecule has 158 valence electrons. The van der Waals surface area contributed by atoms with Crippen molar-refractivity contribution >= 4 is 5.97 Å². The van der Waals surface area contributed by atoms with Crippen LogP contribution in [0.5, 0.6) is 0 Å². The van der Waals surface area contributed by atoms with Crippen molar-refractivity contribution in [2.45, 2.75) is 105 Å². The molecule has 0 aliphatic heterocycles. The molecule has 0 saturated heterocycles. The summed E-state index contributed by atoms with van der Waals surface area (Å²) in [7, 11) is 0. The highest BCUT2D eigenvalue weighted by molar-refractivity contribution is 5.66. The summed E-state index contributed by atoms with van der Waals surface area (Å²) in [6.45, 7) is 12.7. The van der Waals surface area contributed by atoms with Crippen molar-refractivity contribution in [2.75, 3.05) is 19.6 Å². The first-order valence-corrected chi connectivity index (χ1v) is 11.2. The molecule has 1 N–H and O–H groups in total. The van der Waals surface area contributed by atoms with Gasteiger partial charge in [-0.1, -0.05) is 56.4 Å². The van der Waals surface area contributed by atoms with Gasteiger partial charge in [-0.2, -0.15) is 0 Å². The maximum absolute atomic E-state index is 10.5. The number of carbonyl (C=O) groups is 1. The van der Waals surface area contributed by atoms with Crippen molar-refractivity contribution in [1.82, 2.24) is 4.90 Å². The molecule has 0 bridgehead atoms. The third-order valence-corrected chi connectivity index (χ3v) is 5.01. The Balaban J connectivity index is 3.68. The first kappa shape index (κ1) is 25.9. The molecule has 0 rings (SSSR count). The van der Waals surface area contributed by atoms with Crippen molar-refractivity contribution < 1.29 is 9.90 Å². The maximum Gasteiger partial charge on any atom is 0.303 e. The van der Waals surface area contributed by atoms with E-state index in [0.29, 0.717) is 6.42 Å². The quantitative estimate of drug-likeness (QED) is 0.206. The first-order chi connectivity index (χ1) is 13.0. The van der Waals surface area contributed by atoms with Gasteiger partial charge in [-0.25, -0.2) is 0 Å². The Kier molecular flexibility index (Phi) is 17.5. The van der Waals surface area contributed by atoms with Crippen LogP contribution in [0.25, 0.3) is 0 Å². The number of hydrogen-bond acceptors (Lipinski definition) is 2. The van der Waals surface area contributed by atoms with Gasteiger partial charge in [0, 0.05) is 6.42 Å². The molecule has 27 heavy (non-hydrogen) atoms. The predicted molar refractivity (Wildman–Crippen MR) is 118 cm³/mol. The van der Waals surface area contributed by atoms with Crippen LogP contribution >= 0.6 is 0 Å². The Morgan fingerprint density at radius 2 is 1.26 bits per heavy atom. The fourth-order valence-electron chi connectivity index (χ4n) is 3.43. The maximum atomic E-state index is 10.5. The van der Waals surface area contributed by atoms with Gasteiger partial charge < -0.3 is 10.0 Å². The van der Waals surface area contributed by atoms with Crippen LogP contribution in [-0.2, 0) is 4.79 Å². The highest BCUT2D eigenvalue weighted by atomic mass is 16.4. The molecule has 3 heteroatoms. The molecule has 0 unspecified atom stereocenters. The molecular weight excluding hydrogens is 334 g/mol. The summed E-state index contributed by atoms with van der Waals surface area (Å²) in [5.74, 6) is -0.714. The second-order valence-electron chi connectivity index (χ2n) is 7.93. The number of rotatable bonds is 18. The number of unbranched alkanes of at least 4 members (excludes halogenated alkanes) is 4. The van der Waals surface area contributed by atoms with Crippen molar-refractivity contribution in [3.8, 4) is 0 Å². The normalized spacial score (nSPS) is 12.8. The number of nitrogens with zero attached hydrogens (tertiary/aromatic N) is 1. The summed E-state index contributed by atoms with van der Waals surface area (Å²) < 4.78 is 0. The minimum absolute atomic E-state index is 0.238. The molecule has 3 nitrogen and oxygen atoms in total. The van der Waals surface area contributed by atoms with Crippen LogP contribution in [0.2, 0.25) is 0 Å². The first-order valence-electron chi connectivity index (χ1n) is 11.2. The van der Waals surface area contributed by atoms with Crippen molar-refractivity contribution in [3.05, 3.63) is 23.3 Å². The lowest BCUT2D eigenvalue weighted by Gasteiger charge is -2.20. The van der Waals surface area contributed by atoms with E-state index in [1.807, 2.05) is 0 Å². The van der Waals surface area contributed by atoms with Gasteiger partial charge >= 0.3 is 5.97 Å². The van der Waals surface area contributed by atoms with Gasteiger partial charge in [0.1, 0.15) is 0 Å². The molecule has 0 aromatic rings. The average molecular weight is 380 g/mol. The van der Waals surface area contributed by atoms with E-state index in [4.69, 9.17) is 5.11 Å². The zero-order valence-corrected chi connectivity index (χ0v) is 18.6. The number of allylic oxidation sites excluding steroid dienone is 4. The van der Waals surface area contributed by atoms with E-state index in [-0.39, 0.29) is 6.42 Å². The Morgan fingerprint density at radius 1 is 0.741 bits per heavy atom. The molecule has 0 radical (unpaired) electrons. The molecule has 0 atom stereocenters. The van der Waals surface area contributed by atoms with E-state index in [9.17, 15) is 4.79 Å². The molecule has 0 aliphatic carbocycles. The van der Waals surface area contributed by atoms with Gasteiger partial charge in [-0.15, -0.1) is 0 Å². The van der Waals surface area contributed by atoms with Crippen LogP contribution in [0.1, 0.15) is 105 Å². The zero-order valence-electron chi connectivity index (χ0n) is 18.6. The lowest BCUT2D eigenvalue weighted by molar-refractivity contribution is -0.136. The van der Waals surface area contributed by atoms with Crippen LogP contribution < -0.4 is 0 Å². The highest BCUT2D eigenvalue weighted by Gasteiger charge is 2.01. The van der Waals surface area contributed by atoms with Crippen LogP contribution in [0.3, 0.4) is 0 Å². The van der Waals surface area contributed by atoms with Gasteiger partial charge in [0.2, 0.25) is 0 Å². The molecule has 0 fully saturated rings. The molecule has 0 heterocycles. The Bertz CT molecular complexity index is 420. The number of carboxylic acids is 1. The Hall–Kier alpha value is -1.09. The van der Waals surface area contributed by atoms with Crippen molar-refractivity contribution in [1.29, 1.82) is 0 Å². The lowest BCUT2D eigenvalue weighted by Crippen LogP contribution is -2.26. The Labute approximate surface area is 168 Å². The average Bonchev–Trinajstić information content (AvgIpc) is 2.60. The molecule has 0 aromatic carbocycles. The van der Waals surface area contributed by atoms with Crippen molar-refractivity contribution in [2.24, 2.45) is 0 Å². The SMILES string of the molecule is CCCN(CCC)CCCCCCCC(C)=CCCC(C)=CCCC(=O)O. The predicted octanol–water partition coefficient (Wildman–Crippen LogP) is 6.99. The van der Waals surface area contributed by atoms with Gasteiger partial charge in [-0.3, -0.25) is 4.79 Å². The fraction of sp³-hybridized carbons (Fsp3) is 0.792. The molecule has 0 aromatic heterocycles. The number of carboxylic acid groups (broad SMARTS) is 1. The van der Waals surface area contributed by atoms with Crippen LogP contribution in [-0.4, -0.2) is 35.6 Å². The zero-order chi connectivity index (χ0) is 20.3. The standard InChI is InChI=1S/C24H45NO2/c1-5-19-25(20-6-2)21-11-9-7-8-10-14-22(3)15-12-16-23(4)17-13-18-24(26)27/h15,17H,5-14,16,18-21H2,1-4H3,(H,26,27). The van der Waals surface area contributed by atoms with E-state index in [2.05, 4.69) is 44.7 Å². The smallest absolute Gasteiger partial charge is 0.303 e. The minimum atomic E-state index is -0.714. The topological polar surface area (TPSA) is 40.5 Å². The fourth-order valence-corrected chi connectivity index (χ4v) is 3.43. The van der Waals surface area contributed by atoms with Crippen LogP contribution in [0.4, 0.5) is 0 Å². The summed E-state index contributed by atoms with van der Waals surface area (Å²) in [5, 5.41) is 8.65. The molecular formula is C24H45NO2. The van der Waals surface area contributed by atoms with E-state index < -0.39 is 5.97 Å². The van der Waals surface area contributed by atoms with E-state index in [0.717, 1.165) is 12.8 Å². The second-order valence-corrected chi connectivity index (χ2v) is 7.93. The summed E-state index contributed by atoms with van der Waals surface area (Å²) in [6.07, 6.45) is 17.9. The van der Waals surface area contributed by atoms with Gasteiger partial charge in [-0.05, 0) is 84.8 Å². The number of aliphatic carboxylic acids is 1. The monoisotopic (exact) mass is 379 g/mol. The van der Waals surface area contributed by atoms with E-state index in [1.165, 1.54) is 82.1 Å². The molecule has 0 saturated carbocycles. The van der Waals surface area contributed by atoms with Gasteiger partial charge in [0.25, 0.3) is 0 Å². The highest BCUT2D eigenvalue weighted by Crippen LogP contribution is 2.14. The summed E-state index contributed by atoms with van der Waals surface area (Å²) in [5.41, 5.74) is 2.81. The van der Waals surface area contributed by atoms with Gasteiger partial charge in [0.15, 0.2) is 0 Å². The Morgan fingerprint density at radius 3 is 1.85 bits per heavy atom. The summed E-state index contributed by atoms with van der Waals surface area (Å²) in [6, 6.07) is 0. The second kappa shape index (κ2) is 18.3. The molecule has 0 spiro atoms. The number of hydrogen-bond donors (Lipinski definition) is 1.